The van der Waals surface area contributed by atoms with E-state index < -0.39 is 0 Å². The Bertz CT molecular complexity index is 464. The summed E-state index contributed by atoms with van der Waals surface area (Å²) in [5, 5.41) is 3.25. The van der Waals surface area contributed by atoms with Gasteiger partial charge in [-0.05, 0) is 31.4 Å². The van der Waals surface area contributed by atoms with Gasteiger partial charge in [0.05, 0.1) is 6.61 Å². The number of nitrogens with one attached hydrogen (secondary N) is 1. The van der Waals surface area contributed by atoms with Gasteiger partial charge >= 0.3 is 0 Å². The van der Waals surface area contributed by atoms with Gasteiger partial charge in [0.2, 0.25) is 0 Å². The molecule has 0 unspecified atom stereocenters. The van der Waals surface area contributed by atoms with Gasteiger partial charge in [-0.3, -0.25) is 4.79 Å². The zero-order valence-corrected chi connectivity index (χ0v) is 12.7. The Morgan fingerprint density at radius 2 is 2.05 bits per heavy atom. The van der Waals surface area contributed by atoms with Crippen molar-refractivity contribution in [1.29, 1.82) is 0 Å². The van der Waals surface area contributed by atoms with Crippen LogP contribution >= 0.6 is 0 Å². The molecule has 0 bridgehead atoms. The summed E-state index contributed by atoms with van der Waals surface area (Å²) in [6.07, 6.45) is 0. The van der Waals surface area contributed by atoms with Crippen molar-refractivity contribution >= 4 is 0 Å². The third-order valence-electron chi connectivity index (χ3n) is 3.16. The first-order valence-electron chi connectivity index (χ1n) is 6.87. The predicted octanol–water partition coefficient (Wildman–Crippen LogP) is 1.86. The van der Waals surface area contributed by atoms with E-state index in [4.69, 9.17) is 4.74 Å². The summed E-state index contributed by atoms with van der Waals surface area (Å²) >= 11 is 0. The maximum absolute atomic E-state index is 12.5. The van der Waals surface area contributed by atoms with E-state index in [-0.39, 0.29) is 5.56 Å². The molecule has 0 aromatic carbocycles. The second-order valence-electron chi connectivity index (χ2n) is 5.43. The van der Waals surface area contributed by atoms with Crippen molar-refractivity contribution in [1.82, 2.24) is 9.88 Å². The number of methoxy groups -OCH3 is 1. The van der Waals surface area contributed by atoms with Gasteiger partial charge in [-0.2, -0.15) is 0 Å². The molecule has 0 atom stereocenters. The zero-order chi connectivity index (χ0) is 14.4. The fourth-order valence-electron chi connectivity index (χ4n) is 2.16. The Hall–Kier alpha value is -1.13. The molecule has 4 heteroatoms. The molecule has 108 valence electrons. The lowest BCUT2D eigenvalue weighted by molar-refractivity contribution is 0.199. The van der Waals surface area contributed by atoms with Gasteiger partial charge in [-0.15, -0.1) is 0 Å². The average molecular weight is 266 g/mol. The van der Waals surface area contributed by atoms with Crippen LogP contribution in [0.3, 0.4) is 0 Å². The summed E-state index contributed by atoms with van der Waals surface area (Å²) in [5.74, 6) is 0.466. The van der Waals surface area contributed by atoms with Crippen molar-refractivity contribution in [2.45, 2.75) is 40.8 Å². The molecule has 0 radical (unpaired) electrons. The molecule has 0 aliphatic carbocycles. The first-order chi connectivity index (χ1) is 8.97. The molecular formula is C15H26N2O2. The standard InChI is InChI=1S/C15H26N2O2/c1-11(2)10-17-13(4)8-12(3)14(15(17)18)9-16-6-7-19-5/h8,11,16H,6-7,9-10H2,1-5H3. The minimum absolute atomic E-state index is 0.135. The number of rotatable bonds is 7. The van der Waals surface area contributed by atoms with E-state index in [1.807, 2.05) is 18.4 Å². The fraction of sp³-hybridized carbons (Fsp3) is 0.667. The van der Waals surface area contributed by atoms with Gasteiger partial charge in [-0.25, -0.2) is 0 Å². The maximum Gasteiger partial charge on any atom is 0.255 e. The zero-order valence-electron chi connectivity index (χ0n) is 12.7. The highest BCUT2D eigenvalue weighted by Gasteiger charge is 2.10. The van der Waals surface area contributed by atoms with Crippen molar-refractivity contribution in [3.05, 3.63) is 33.2 Å². The summed E-state index contributed by atoms with van der Waals surface area (Å²) < 4.78 is 6.87. The molecule has 0 saturated carbocycles. The summed E-state index contributed by atoms with van der Waals surface area (Å²) in [6.45, 7) is 11.0. The monoisotopic (exact) mass is 266 g/mol. The van der Waals surface area contributed by atoms with E-state index in [1.54, 1.807) is 7.11 Å². The molecule has 1 aromatic rings. The van der Waals surface area contributed by atoms with Crippen molar-refractivity contribution in [3.8, 4) is 0 Å². The largest absolute Gasteiger partial charge is 0.383 e. The fourth-order valence-corrected chi connectivity index (χ4v) is 2.16. The van der Waals surface area contributed by atoms with Crippen LogP contribution in [-0.2, 0) is 17.8 Å². The van der Waals surface area contributed by atoms with Crippen LogP contribution in [0.5, 0.6) is 0 Å². The maximum atomic E-state index is 12.5. The van der Waals surface area contributed by atoms with Crippen molar-refractivity contribution in [2.24, 2.45) is 5.92 Å². The van der Waals surface area contributed by atoms with E-state index >= 15 is 0 Å². The quantitative estimate of drug-likeness (QED) is 0.766. The second-order valence-corrected chi connectivity index (χ2v) is 5.43. The highest BCUT2D eigenvalue weighted by molar-refractivity contribution is 5.26. The third kappa shape index (κ3) is 4.48. The third-order valence-corrected chi connectivity index (χ3v) is 3.16. The Labute approximate surface area is 115 Å². The molecule has 0 saturated heterocycles. The van der Waals surface area contributed by atoms with Gasteiger partial charge in [0, 0.05) is 38.0 Å². The SMILES string of the molecule is COCCNCc1c(C)cc(C)n(CC(C)C)c1=O. The van der Waals surface area contributed by atoms with Crippen LogP contribution in [-0.4, -0.2) is 24.8 Å². The smallest absolute Gasteiger partial charge is 0.255 e. The number of hydrogen-bond acceptors (Lipinski definition) is 3. The van der Waals surface area contributed by atoms with E-state index in [2.05, 4.69) is 25.2 Å². The first-order valence-corrected chi connectivity index (χ1v) is 6.87. The van der Waals surface area contributed by atoms with Crippen molar-refractivity contribution in [2.75, 3.05) is 20.3 Å². The van der Waals surface area contributed by atoms with Crippen LogP contribution in [0.4, 0.5) is 0 Å². The summed E-state index contributed by atoms with van der Waals surface area (Å²) in [6, 6.07) is 2.09. The Morgan fingerprint density at radius 1 is 1.37 bits per heavy atom. The predicted molar refractivity (Wildman–Crippen MR) is 78.6 cm³/mol. The topological polar surface area (TPSA) is 43.3 Å². The van der Waals surface area contributed by atoms with E-state index in [0.717, 1.165) is 29.9 Å². The van der Waals surface area contributed by atoms with Crippen LogP contribution in [0.2, 0.25) is 0 Å². The number of aryl methyl sites for hydroxylation is 2. The Balaban J connectivity index is 2.94. The average Bonchev–Trinajstić information content (AvgIpc) is 2.33. The first kappa shape index (κ1) is 15.9. The number of aromatic nitrogens is 1. The molecule has 0 fully saturated rings. The van der Waals surface area contributed by atoms with Crippen LogP contribution in [0, 0.1) is 19.8 Å². The molecular weight excluding hydrogens is 240 g/mol. The van der Waals surface area contributed by atoms with Gasteiger partial charge in [0.15, 0.2) is 0 Å². The Morgan fingerprint density at radius 3 is 2.63 bits per heavy atom. The van der Waals surface area contributed by atoms with Crippen molar-refractivity contribution < 1.29 is 4.74 Å². The van der Waals surface area contributed by atoms with Crippen molar-refractivity contribution in [3.63, 3.8) is 0 Å². The summed E-state index contributed by atoms with van der Waals surface area (Å²) in [7, 11) is 1.68. The molecule has 0 spiro atoms. The van der Waals surface area contributed by atoms with E-state index in [0.29, 0.717) is 19.1 Å². The van der Waals surface area contributed by atoms with Crippen LogP contribution in [0.25, 0.3) is 0 Å². The normalized spacial score (nSPS) is 11.3. The summed E-state index contributed by atoms with van der Waals surface area (Å²) in [5.41, 5.74) is 3.10. The highest BCUT2D eigenvalue weighted by atomic mass is 16.5. The number of ether oxygens (including phenoxy) is 1. The Kier molecular flexibility index (Phi) is 6.25. The van der Waals surface area contributed by atoms with Crippen LogP contribution < -0.4 is 10.9 Å². The van der Waals surface area contributed by atoms with Gasteiger partial charge < -0.3 is 14.6 Å². The molecule has 0 amide bonds. The van der Waals surface area contributed by atoms with Gasteiger partial charge in [0.1, 0.15) is 0 Å². The molecule has 1 rings (SSSR count). The molecule has 19 heavy (non-hydrogen) atoms. The summed E-state index contributed by atoms with van der Waals surface area (Å²) in [4.78, 5) is 12.5. The van der Waals surface area contributed by atoms with E-state index in [9.17, 15) is 4.79 Å². The van der Waals surface area contributed by atoms with Gasteiger partial charge in [-0.1, -0.05) is 13.8 Å². The second kappa shape index (κ2) is 7.46. The lowest BCUT2D eigenvalue weighted by atomic mass is 10.1. The lowest BCUT2D eigenvalue weighted by Gasteiger charge is -2.16. The molecule has 1 heterocycles. The molecule has 1 N–H and O–H groups in total. The minimum Gasteiger partial charge on any atom is -0.383 e. The van der Waals surface area contributed by atoms with Gasteiger partial charge in [0.25, 0.3) is 5.56 Å². The lowest BCUT2D eigenvalue weighted by Crippen LogP contribution is -2.31. The number of hydrogen-bond donors (Lipinski definition) is 1. The molecule has 0 aliphatic heterocycles. The molecule has 1 aromatic heterocycles. The van der Waals surface area contributed by atoms with E-state index in [1.165, 1.54) is 0 Å². The highest BCUT2D eigenvalue weighted by Crippen LogP contribution is 2.08. The minimum atomic E-state index is 0.135. The van der Waals surface area contributed by atoms with Crippen LogP contribution in [0.15, 0.2) is 10.9 Å². The molecule has 4 nitrogen and oxygen atoms in total. The molecule has 0 aliphatic rings. The number of nitrogens with zero attached hydrogens (tertiary/aromatic N) is 1. The van der Waals surface area contributed by atoms with Crippen LogP contribution in [0.1, 0.15) is 30.7 Å². The number of pyridine rings is 1.